The zero-order valence-corrected chi connectivity index (χ0v) is 16.4. The van der Waals surface area contributed by atoms with E-state index in [1.165, 1.54) is 0 Å². The van der Waals surface area contributed by atoms with Gasteiger partial charge in [-0.2, -0.15) is 0 Å². The van der Waals surface area contributed by atoms with Crippen LogP contribution in [0.5, 0.6) is 0 Å². The third kappa shape index (κ3) is 4.21. The number of nitrogens with zero attached hydrogens (tertiary/aromatic N) is 2. The van der Waals surface area contributed by atoms with Crippen molar-refractivity contribution >= 4 is 34.8 Å². The van der Waals surface area contributed by atoms with Gasteiger partial charge in [-0.1, -0.05) is 29.3 Å². The molecule has 0 spiro atoms. The van der Waals surface area contributed by atoms with Crippen LogP contribution in [0, 0.1) is 11.8 Å². The number of carbonyl (C=O) groups excluding carboxylic acids is 1. The number of anilines is 1. The molecule has 2 N–H and O–H groups in total. The Morgan fingerprint density at radius 2 is 1.93 bits per heavy atom. The second-order valence-electron chi connectivity index (χ2n) is 7.27. The second-order valence-corrected chi connectivity index (χ2v) is 8.08. The van der Waals surface area contributed by atoms with Crippen LogP contribution in [0.3, 0.4) is 0 Å². The molecule has 142 valence electrons. The van der Waals surface area contributed by atoms with Crippen molar-refractivity contribution in [2.24, 2.45) is 11.8 Å². The number of pyridine rings is 1. The van der Waals surface area contributed by atoms with Crippen LogP contribution in [0.4, 0.5) is 5.69 Å². The van der Waals surface area contributed by atoms with Gasteiger partial charge in [0.25, 0.3) is 5.91 Å². The molecule has 1 aromatic carbocycles. The lowest BCUT2D eigenvalue weighted by Gasteiger charge is -2.19. The first-order valence-electron chi connectivity index (χ1n) is 9.23. The summed E-state index contributed by atoms with van der Waals surface area (Å²) in [6.45, 7) is 4.76. The predicted octanol–water partition coefficient (Wildman–Crippen LogP) is 3.02. The van der Waals surface area contributed by atoms with Crippen molar-refractivity contribution in [1.82, 2.24) is 15.6 Å². The minimum Gasteiger partial charge on any atom is -0.370 e. The van der Waals surface area contributed by atoms with E-state index in [-0.39, 0.29) is 5.91 Å². The van der Waals surface area contributed by atoms with Gasteiger partial charge in [-0.05, 0) is 42.0 Å². The van der Waals surface area contributed by atoms with Crippen LogP contribution in [-0.4, -0.2) is 43.6 Å². The normalized spacial score (nSPS) is 21.3. The van der Waals surface area contributed by atoms with Gasteiger partial charge in [0, 0.05) is 38.9 Å². The maximum Gasteiger partial charge on any atom is 0.252 e. The number of halogens is 2. The van der Waals surface area contributed by atoms with E-state index in [1.807, 2.05) is 24.4 Å². The molecule has 2 aliphatic heterocycles. The molecule has 1 amide bonds. The summed E-state index contributed by atoms with van der Waals surface area (Å²) < 4.78 is 0. The number of hydrogen-bond acceptors (Lipinski definition) is 4. The molecule has 0 unspecified atom stereocenters. The van der Waals surface area contributed by atoms with E-state index in [9.17, 15) is 4.79 Å². The number of nitrogens with one attached hydrogen (secondary N) is 2. The van der Waals surface area contributed by atoms with Gasteiger partial charge in [0.05, 0.1) is 27.5 Å². The van der Waals surface area contributed by atoms with Crippen molar-refractivity contribution < 1.29 is 4.79 Å². The minimum atomic E-state index is -0.106. The summed E-state index contributed by atoms with van der Waals surface area (Å²) in [7, 11) is 0. The number of carbonyl (C=O) groups is 1. The van der Waals surface area contributed by atoms with Crippen molar-refractivity contribution in [3.05, 3.63) is 57.8 Å². The third-order valence-corrected chi connectivity index (χ3v) is 6.16. The van der Waals surface area contributed by atoms with Crippen LogP contribution >= 0.6 is 23.2 Å². The average Bonchev–Trinajstić information content (AvgIpc) is 3.27. The molecule has 2 aromatic rings. The number of hydrogen-bond donors (Lipinski definition) is 2. The van der Waals surface area contributed by atoms with Gasteiger partial charge in [-0.15, -0.1) is 0 Å². The number of rotatable bonds is 5. The molecule has 2 fully saturated rings. The molecule has 0 radical (unpaired) electrons. The Morgan fingerprint density at radius 3 is 2.67 bits per heavy atom. The smallest absolute Gasteiger partial charge is 0.252 e. The molecule has 0 saturated carbocycles. The van der Waals surface area contributed by atoms with Gasteiger partial charge in [-0.3, -0.25) is 9.78 Å². The van der Waals surface area contributed by atoms with Crippen LogP contribution in [0.2, 0.25) is 10.0 Å². The monoisotopic (exact) mass is 404 g/mol. The van der Waals surface area contributed by atoms with Crippen molar-refractivity contribution in [2.75, 3.05) is 37.6 Å². The van der Waals surface area contributed by atoms with E-state index in [4.69, 9.17) is 23.2 Å². The Kier molecular flexibility index (Phi) is 5.53. The second kappa shape index (κ2) is 8.05. The zero-order valence-electron chi connectivity index (χ0n) is 14.9. The highest BCUT2D eigenvalue weighted by Gasteiger charge is 2.36. The van der Waals surface area contributed by atoms with Crippen LogP contribution in [0.25, 0.3) is 0 Å². The van der Waals surface area contributed by atoms with Crippen molar-refractivity contribution in [1.29, 1.82) is 0 Å². The molecule has 5 nitrogen and oxygen atoms in total. The number of fused-ring (bicyclic) bond motifs is 1. The van der Waals surface area contributed by atoms with E-state index in [0.717, 1.165) is 37.4 Å². The standard InChI is InChI=1S/C20H22Cl2N4O/c21-18-2-1-13(5-19(18)22)3-4-25-20(27)14-6-17(10-24-7-14)26-11-15-8-23-9-16(15)12-26/h1-2,5-7,10,15-16,23H,3-4,8-9,11-12H2,(H,25,27)/t15-,16+. The lowest BCUT2D eigenvalue weighted by Crippen LogP contribution is -2.28. The van der Waals surface area contributed by atoms with Crippen LogP contribution in [0.15, 0.2) is 36.7 Å². The molecule has 2 aliphatic rings. The third-order valence-electron chi connectivity index (χ3n) is 5.42. The first-order valence-corrected chi connectivity index (χ1v) is 9.98. The fraction of sp³-hybridized carbons (Fsp3) is 0.400. The fourth-order valence-electron chi connectivity index (χ4n) is 3.91. The Labute approximate surface area is 169 Å². The van der Waals surface area contributed by atoms with E-state index in [2.05, 4.69) is 20.5 Å². The molecule has 0 bridgehead atoms. The first-order chi connectivity index (χ1) is 13.1. The number of amides is 1. The Morgan fingerprint density at radius 1 is 1.15 bits per heavy atom. The van der Waals surface area contributed by atoms with E-state index >= 15 is 0 Å². The summed E-state index contributed by atoms with van der Waals surface area (Å²) in [4.78, 5) is 19.1. The Bertz CT molecular complexity index is 832. The quantitative estimate of drug-likeness (QED) is 0.803. The Hall–Kier alpha value is -1.82. The minimum absolute atomic E-state index is 0.106. The summed E-state index contributed by atoms with van der Waals surface area (Å²) >= 11 is 12.0. The molecule has 0 aliphatic carbocycles. The van der Waals surface area contributed by atoms with E-state index in [1.54, 1.807) is 12.3 Å². The Balaban J connectivity index is 1.34. The van der Waals surface area contributed by atoms with Crippen LogP contribution in [-0.2, 0) is 6.42 Å². The molecular weight excluding hydrogens is 383 g/mol. The lowest BCUT2D eigenvalue weighted by molar-refractivity contribution is 0.0954. The van der Waals surface area contributed by atoms with Gasteiger partial charge in [-0.25, -0.2) is 0 Å². The largest absolute Gasteiger partial charge is 0.370 e. The summed E-state index contributed by atoms with van der Waals surface area (Å²) in [6.07, 6.45) is 4.16. The van der Waals surface area contributed by atoms with Crippen molar-refractivity contribution in [3.8, 4) is 0 Å². The highest BCUT2D eigenvalue weighted by Crippen LogP contribution is 2.30. The first kappa shape index (κ1) is 18.5. The van der Waals surface area contributed by atoms with Gasteiger partial charge in [0.2, 0.25) is 0 Å². The van der Waals surface area contributed by atoms with Crippen LogP contribution < -0.4 is 15.5 Å². The number of benzene rings is 1. The molecule has 3 heterocycles. The van der Waals surface area contributed by atoms with Gasteiger partial charge < -0.3 is 15.5 Å². The lowest BCUT2D eigenvalue weighted by atomic mass is 10.0. The SMILES string of the molecule is O=C(NCCc1ccc(Cl)c(Cl)c1)c1cncc(N2C[C@H]3CNC[C@H]3C2)c1. The van der Waals surface area contributed by atoms with Gasteiger partial charge >= 0.3 is 0 Å². The summed E-state index contributed by atoms with van der Waals surface area (Å²) in [5.41, 5.74) is 2.66. The number of aromatic nitrogens is 1. The maximum absolute atomic E-state index is 12.5. The van der Waals surface area contributed by atoms with E-state index in [0.29, 0.717) is 40.4 Å². The summed E-state index contributed by atoms with van der Waals surface area (Å²) in [5, 5.41) is 7.47. The molecule has 4 rings (SSSR count). The fourth-order valence-corrected chi connectivity index (χ4v) is 4.23. The molecular formula is C20H22Cl2N4O. The van der Waals surface area contributed by atoms with Gasteiger partial charge in [0.15, 0.2) is 0 Å². The van der Waals surface area contributed by atoms with Crippen molar-refractivity contribution in [2.45, 2.75) is 6.42 Å². The molecule has 1 aromatic heterocycles. The molecule has 7 heteroatoms. The summed E-state index contributed by atoms with van der Waals surface area (Å²) in [5.74, 6) is 1.30. The van der Waals surface area contributed by atoms with Crippen molar-refractivity contribution in [3.63, 3.8) is 0 Å². The molecule has 27 heavy (non-hydrogen) atoms. The predicted molar refractivity (Wildman–Crippen MR) is 109 cm³/mol. The summed E-state index contributed by atoms with van der Waals surface area (Å²) in [6, 6.07) is 7.46. The highest BCUT2D eigenvalue weighted by atomic mass is 35.5. The molecule has 2 saturated heterocycles. The zero-order chi connectivity index (χ0) is 18.8. The average molecular weight is 405 g/mol. The van der Waals surface area contributed by atoms with Crippen LogP contribution in [0.1, 0.15) is 15.9 Å². The highest BCUT2D eigenvalue weighted by molar-refractivity contribution is 6.42. The maximum atomic E-state index is 12.5. The molecule has 2 atom stereocenters. The van der Waals surface area contributed by atoms with Gasteiger partial charge in [0.1, 0.15) is 0 Å². The topological polar surface area (TPSA) is 57.3 Å². The van der Waals surface area contributed by atoms with E-state index < -0.39 is 0 Å².